The zero-order valence-corrected chi connectivity index (χ0v) is 10.3. The highest BCUT2D eigenvalue weighted by molar-refractivity contribution is 7.05. The van der Waals surface area contributed by atoms with Crippen LogP contribution in [0.25, 0.3) is 0 Å². The van der Waals surface area contributed by atoms with Crippen LogP contribution in [0.3, 0.4) is 0 Å². The Morgan fingerprint density at radius 1 is 1.50 bits per heavy atom. The fraction of sp³-hybridized carbons (Fsp3) is 0.556. The number of hydrogen-bond acceptors (Lipinski definition) is 6. The molecule has 0 fully saturated rings. The largest absolute Gasteiger partial charge is 0.312 e. The van der Waals surface area contributed by atoms with Gasteiger partial charge in [-0.15, -0.1) is 10.2 Å². The molecule has 0 aromatic carbocycles. The second-order valence-electron chi connectivity index (χ2n) is 3.65. The van der Waals surface area contributed by atoms with E-state index in [-0.39, 0.29) is 6.04 Å². The Bertz CT molecular complexity index is 462. The van der Waals surface area contributed by atoms with Gasteiger partial charge in [0.25, 0.3) is 0 Å². The molecule has 0 aliphatic heterocycles. The van der Waals surface area contributed by atoms with Crippen LogP contribution in [0.15, 0.2) is 6.20 Å². The minimum atomic E-state index is 0.205. The van der Waals surface area contributed by atoms with Crippen LogP contribution in [0.5, 0.6) is 0 Å². The van der Waals surface area contributed by atoms with Crippen LogP contribution in [-0.2, 0) is 13.5 Å². The molecule has 0 amide bonds. The number of rotatable bonds is 4. The van der Waals surface area contributed by atoms with E-state index in [0.29, 0.717) is 0 Å². The number of hydrogen-bond donors (Lipinski definition) is 1. The molecule has 2 aromatic heterocycles. The number of aromatic nitrogens is 5. The normalized spacial score (nSPS) is 12.9. The summed E-state index contributed by atoms with van der Waals surface area (Å²) in [6, 6.07) is 0.205. The summed E-state index contributed by atoms with van der Waals surface area (Å²) >= 11 is 1.43. The van der Waals surface area contributed by atoms with Crippen LogP contribution in [0.2, 0.25) is 0 Å². The number of likely N-dealkylation sites (N-methyl/N-ethyl adjacent to an activating group) is 1. The first-order valence-corrected chi connectivity index (χ1v) is 5.79. The zero-order chi connectivity index (χ0) is 11.5. The van der Waals surface area contributed by atoms with Crippen LogP contribution in [0.4, 0.5) is 0 Å². The van der Waals surface area contributed by atoms with Gasteiger partial charge in [0.1, 0.15) is 0 Å². The Kier molecular flexibility index (Phi) is 3.25. The Morgan fingerprint density at radius 2 is 2.31 bits per heavy atom. The van der Waals surface area contributed by atoms with Crippen molar-refractivity contribution in [2.75, 3.05) is 7.05 Å². The summed E-state index contributed by atoms with van der Waals surface area (Å²) in [6.45, 7) is 1.97. The molecule has 2 heterocycles. The van der Waals surface area contributed by atoms with Crippen LogP contribution in [0, 0.1) is 6.92 Å². The molecule has 1 unspecified atom stereocenters. The lowest BCUT2D eigenvalue weighted by atomic mass is 10.1. The fourth-order valence-electron chi connectivity index (χ4n) is 1.58. The molecule has 0 bridgehead atoms. The molecular weight excluding hydrogens is 224 g/mol. The number of nitrogens with zero attached hydrogens (tertiary/aromatic N) is 5. The Morgan fingerprint density at radius 3 is 2.81 bits per heavy atom. The third-order valence-corrected chi connectivity index (χ3v) is 3.35. The van der Waals surface area contributed by atoms with Gasteiger partial charge in [0, 0.05) is 19.7 Å². The van der Waals surface area contributed by atoms with E-state index in [1.54, 1.807) is 4.68 Å². The van der Waals surface area contributed by atoms with E-state index in [1.807, 2.05) is 27.2 Å². The van der Waals surface area contributed by atoms with Crippen molar-refractivity contribution in [2.24, 2.45) is 7.05 Å². The van der Waals surface area contributed by atoms with Gasteiger partial charge in [-0.2, -0.15) is 0 Å². The van der Waals surface area contributed by atoms with E-state index in [1.165, 1.54) is 11.5 Å². The molecule has 16 heavy (non-hydrogen) atoms. The Balaban J connectivity index is 2.15. The van der Waals surface area contributed by atoms with E-state index < -0.39 is 0 Å². The van der Waals surface area contributed by atoms with Crippen molar-refractivity contribution < 1.29 is 0 Å². The van der Waals surface area contributed by atoms with Gasteiger partial charge < -0.3 is 5.32 Å². The maximum Gasteiger partial charge on any atom is 0.0846 e. The van der Waals surface area contributed by atoms with E-state index in [9.17, 15) is 0 Å². The van der Waals surface area contributed by atoms with Crippen LogP contribution in [-0.4, -0.2) is 31.6 Å². The lowest BCUT2D eigenvalue weighted by Crippen LogP contribution is -2.18. The van der Waals surface area contributed by atoms with Crippen LogP contribution < -0.4 is 5.32 Å². The van der Waals surface area contributed by atoms with Gasteiger partial charge in [-0.05, 0) is 25.5 Å². The van der Waals surface area contributed by atoms with Gasteiger partial charge in [0.15, 0.2) is 0 Å². The number of aryl methyl sites for hydroxylation is 2. The highest BCUT2D eigenvalue weighted by Gasteiger charge is 2.17. The molecule has 0 spiro atoms. The van der Waals surface area contributed by atoms with E-state index >= 15 is 0 Å². The first kappa shape index (κ1) is 11.2. The van der Waals surface area contributed by atoms with Crippen LogP contribution >= 0.6 is 11.5 Å². The summed E-state index contributed by atoms with van der Waals surface area (Å²) in [5.41, 5.74) is 1.95. The van der Waals surface area contributed by atoms with Gasteiger partial charge in [0.2, 0.25) is 0 Å². The van der Waals surface area contributed by atoms with Crippen molar-refractivity contribution in [3.63, 3.8) is 0 Å². The summed E-state index contributed by atoms with van der Waals surface area (Å²) in [6.07, 6.45) is 2.73. The average Bonchev–Trinajstić information content (AvgIpc) is 2.84. The molecule has 0 aliphatic rings. The maximum absolute atomic E-state index is 4.08. The second-order valence-corrected chi connectivity index (χ2v) is 4.44. The monoisotopic (exact) mass is 238 g/mol. The van der Waals surface area contributed by atoms with Crippen molar-refractivity contribution in [3.8, 4) is 0 Å². The minimum absolute atomic E-state index is 0.205. The van der Waals surface area contributed by atoms with E-state index in [2.05, 4.69) is 25.2 Å². The molecule has 0 aliphatic carbocycles. The maximum atomic E-state index is 4.08. The predicted octanol–water partition coefficient (Wildman–Crippen LogP) is 0.478. The van der Waals surface area contributed by atoms with Crippen molar-refractivity contribution in [3.05, 3.63) is 22.5 Å². The third-order valence-electron chi connectivity index (χ3n) is 2.41. The SMILES string of the molecule is CNC(Cc1cn(C)nn1)c1snnc1C. The molecule has 2 rings (SSSR count). The molecule has 1 N–H and O–H groups in total. The Labute approximate surface area is 97.8 Å². The second kappa shape index (κ2) is 4.67. The molecular formula is C9H14N6S. The molecule has 0 radical (unpaired) electrons. The average molecular weight is 238 g/mol. The van der Waals surface area contributed by atoms with Crippen molar-refractivity contribution in [2.45, 2.75) is 19.4 Å². The van der Waals surface area contributed by atoms with E-state index in [0.717, 1.165) is 22.7 Å². The first-order chi connectivity index (χ1) is 7.70. The molecule has 2 aromatic rings. The first-order valence-electron chi connectivity index (χ1n) is 5.02. The predicted molar refractivity (Wildman–Crippen MR) is 61.2 cm³/mol. The molecule has 6 nitrogen and oxygen atoms in total. The summed E-state index contributed by atoms with van der Waals surface area (Å²) in [7, 11) is 3.80. The summed E-state index contributed by atoms with van der Waals surface area (Å²) in [5.74, 6) is 0. The van der Waals surface area contributed by atoms with Crippen molar-refractivity contribution in [1.29, 1.82) is 0 Å². The van der Waals surface area contributed by atoms with E-state index in [4.69, 9.17) is 0 Å². The van der Waals surface area contributed by atoms with Crippen molar-refractivity contribution in [1.82, 2.24) is 29.9 Å². The number of nitrogens with one attached hydrogen (secondary N) is 1. The van der Waals surface area contributed by atoms with Crippen molar-refractivity contribution >= 4 is 11.5 Å². The highest BCUT2D eigenvalue weighted by atomic mass is 32.1. The summed E-state index contributed by atoms with van der Waals surface area (Å²) < 4.78 is 5.66. The van der Waals surface area contributed by atoms with Gasteiger partial charge in [-0.3, -0.25) is 4.68 Å². The molecule has 7 heteroatoms. The summed E-state index contributed by atoms with van der Waals surface area (Å²) in [5, 5.41) is 15.3. The fourth-order valence-corrected chi connectivity index (χ4v) is 2.33. The standard InChI is InChI=1S/C9H14N6S/c1-6-9(16-14-11-6)8(10-2)4-7-5-15(3)13-12-7/h5,8,10H,4H2,1-3H3. The summed E-state index contributed by atoms with van der Waals surface area (Å²) in [4.78, 5) is 1.16. The smallest absolute Gasteiger partial charge is 0.0846 e. The lowest BCUT2D eigenvalue weighted by Gasteiger charge is -2.12. The molecule has 0 saturated carbocycles. The van der Waals surface area contributed by atoms with Gasteiger partial charge in [-0.1, -0.05) is 9.70 Å². The Hall–Kier alpha value is -1.34. The topological polar surface area (TPSA) is 68.5 Å². The quantitative estimate of drug-likeness (QED) is 0.839. The highest BCUT2D eigenvalue weighted by Crippen LogP contribution is 2.22. The van der Waals surface area contributed by atoms with Crippen LogP contribution in [0.1, 0.15) is 22.3 Å². The molecule has 86 valence electrons. The minimum Gasteiger partial charge on any atom is -0.312 e. The zero-order valence-electron chi connectivity index (χ0n) is 9.51. The van der Waals surface area contributed by atoms with Gasteiger partial charge in [0.05, 0.1) is 22.3 Å². The third kappa shape index (κ3) is 2.25. The molecule has 0 saturated heterocycles. The lowest BCUT2D eigenvalue weighted by molar-refractivity contribution is 0.589. The molecule has 1 atom stereocenters. The van der Waals surface area contributed by atoms with Gasteiger partial charge in [-0.25, -0.2) is 0 Å². The van der Waals surface area contributed by atoms with Gasteiger partial charge >= 0.3 is 0 Å².